The van der Waals surface area contributed by atoms with Crippen molar-refractivity contribution in [2.45, 2.75) is 20.8 Å². The number of allylic oxidation sites excluding steroid dienone is 1. The predicted molar refractivity (Wildman–Crippen MR) is 71.6 cm³/mol. The summed E-state index contributed by atoms with van der Waals surface area (Å²) >= 11 is 0. The van der Waals surface area contributed by atoms with Crippen molar-refractivity contribution in [1.82, 2.24) is 5.32 Å². The van der Waals surface area contributed by atoms with Crippen molar-refractivity contribution < 1.29 is 4.79 Å². The van der Waals surface area contributed by atoms with Gasteiger partial charge >= 0.3 is 6.03 Å². The highest BCUT2D eigenvalue weighted by atomic mass is 16.2. The van der Waals surface area contributed by atoms with E-state index in [-0.39, 0.29) is 6.03 Å². The fourth-order valence-corrected chi connectivity index (χ4v) is 1.08. The summed E-state index contributed by atoms with van der Waals surface area (Å²) in [5, 5.41) is 5.40. The van der Waals surface area contributed by atoms with E-state index >= 15 is 0 Å². The van der Waals surface area contributed by atoms with Gasteiger partial charge in [0.1, 0.15) is 0 Å². The summed E-state index contributed by atoms with van der Waals surface area (Å²) in [7, 11) is 0. The highest BCUT2D eigenvalue weighted by Crippen LogP contribution is 2.10. The predicted octanol–water partition coefficient (Wildman–Crippen LogP) is 2.95. The normalized spacial score (nSPS) is 11.4. The van der Waals surface area contributed by atoms with Gasteiger partial charge in [-0.2, -0.15) is 0 Å². The number of nitrogens with two attached hydrogens (primary N) is 1. The Morgan fingerprint density at radius 3 is 2.41 bits per heavy atom. The summed E-state index contributed by atoms with van der Waals surface area (Å²) in [5.41, 5.74) is 8.06. The molecule has 4 N–H and O–H groups in total. The third-order valence-electron chi connectivity index (χ3n) is 2.51. The molecule has 4 nitrogen and oxygen atoms in total. The van der Waals surface area contributed by atoms with Gasteiger partial charge in [-0.05, 0) is 37.1 Å². The van der Waals surface area contributed by atoms with E-state index in [1.807, 2.05) is 6.92 Å². The summed E-state index contributed by atoms with van der Waals surface area (Å²) in [6.07, 6.45) is 1.72. The van der Waals surface area contributed by atoms with Crippen LogP contribution in [0.5, 0.6) is 0 Å². The molecule has 0 spiro atoms. The molecule has 92 valence electrons. The molecular weight excluding hydrogens is 214 g/mol. The van der Waals surface area contributed by atoms with Gasteiger partial charge in [-0.1, -0.05) is 19.4 Å². The lowest BCUT2D eigenvalue weighted by Gasteiger charge is -2.07. The van der Waals surface area contributed by atoms with Crippen molar-refractivity contribution in [3.8, 4) is 0 Å². The van der Waals surface area contributed by atoms with Gasteiger partial charge < -0.3 is 16.4 Å². The number of hydrogen-bond acceptors (Lipinski definition) is 2. The molecule has 0 saturated carbocycles. The molecule has 0 unspecified atom stereocenters. The van der Waals surface area contributed by atoms with Gasteiger partial charge in [-0.15, -0.1) is 0 Å². The minimum atomic E-state index is -0.255. The molecule has 0 atom stereocenters. The first-order chi connectivity index (χ1) is 7.99. The van der Waals surface area contributed by atoms with E-state index in [2.05, 4.69) is 24.5 Å². The lowest BCUT2D eigenvalue weighted by Crippen LogP contribution is -2.24. The maximum absolute atomic E-state index is 11.5. The Morgan fingerprint density at radius 1 is 1.29 bits per heavy atom. The number of carbonyl (C=O) groups excluding carboxylic acids is 1. The Bertz CT molecular complexity index is 407. The molecule has 0 radical (unpaired) electrons. The zero-order valence-electron chi connectivity index (χ0n) is 10.4. The molecule has 2 amide bonds. The number of urea groups is 1. The monoisotopic (exact) mass is 233 g/mol. The maximum Gasteiger partial charge on any atom is 0.323 e. The minimum absolute atomic E-state index is 0.255. The third-order valence-corrected chi connectivity index (χ3v) is 2.51. The SMILES string of the molecule is C/C(=C\NC(=O)Nc1ccc(N)cc1)C(C)C. The molecule has 1 rings (SSSR count). The zero-order chi connectivity index (χ0) is 12.8. The Balaban J connectivity index is 2.50. The van der Waals surface area contributed by atoms with E-state index in [9.17, 15) is 4.79 Å². The van der Waals surface area contributed by atoms with Crippen molar-refractivity contribution in [3.63, 3.8) is 0 Å². The maximum atomic E-state index is 11.5. The number of rotatable bonds is 3. The van der Waals surface area contributed by atoms with E-state index in [1.54, 1.807) is 30.5 Å². The van der Waals surface area contributed by atoms with Crippen LogP contribution in [0.25, 0.3) is 0 Å². The van der Waals surface area contributed by atoms with Crippen LogP contribution in [-0.2, 0) is 0 Å². The molecule has 4 heteroatoms. The van der Waals surface area contributed by atoms with Crippen LogP contribution < -0.4 is 16.4 Å². The molecule has 0 aliphatic heterocycles. The van der Waals surface area contributed by atoms with Crippen LogP contribution in [0.3, 0.4) is 0 Å². The quantitative estimate of drug-likeness (QED) is 0.703. The van der Waals surface area contributed by atoms with Crippen molar-refractivity contribution in [1.29, 1.82) is 0 Å². The summed E-state index contributed by atoms with van der Waals surface area (Å²) in [4.78, 5) is 11.5. The molecular formula is C13H19N3O. The van der Waals surface area contributed by atoms with Crippen LogP contribution in [0.15, 0.2) is 36.0 Å². The number of benzene rings is 1. The second kappa shape index (κ2) is 5.94. The minimum Gasteiger partial charge on any atom is -0.399 e. The second-order valence-corrected chi connectivity index (χ2v) is 4.26. The van der Waals surface area contributed by atoms with Gasteiger partial charge in [-0.25, -0.2) is 4.79 Å². The highest BCUT2D eigenvalue weighted by molar-refractivity contribution is 5.90. The fourth-order valence-electron chi connectivity index (χ4n) is 1.08. The molecule has 17 heavy (non-hydrogen) atoms. The molecule has 0 aliphatic rings. The summed E-state index contributed by atoms with van der Waals surface area (Å²) in [5.74, 6) is 0.423. The Labute approximate surface area is 102 Å². The van der Waals surface area contributed by atoms with Gasteiger partial charge in [0, 0.05) is 17.6 Å². The van der Waals surface area contributed by atoms with Gasteiger partial charge in [0.2, 0.25) is 0 Å². The van der Waals surface area contributed by atoms with Crippen LogP contribution >= 0.6 is 0 Å². The van der Waals surface area contributed by atoms with Gasteiger partial charge in [0.25, 0.3) is 0 Å². The van der Waals surface area contributed by atoms with Crippen molar-refractivity contribution in [3.05, 3.63) is 36.0 Å². The molecule has 0 saturated heterocycles. The number of anilines is 2. The van der Waals surface area contributed by atoms with Crippen molar-refractivity contribution >= 4 is 17.4 Å². The summed E-state index contributed by atoms with van der Waals surface area (Å²) < 4.78 is 0. The molecule has 0 aromatic heterocycles. The van der Waals surface area contributed by atoms with Crippen LogP contribution in [0.2, 0.25) is 0 Å². The zero-order valence-corrected chi connectivity index (χ0v) is 10.4. The van der Waals surface area contributed by atoms with E-state index in [0.717, 1.165) is 5.57 Å². The van der Waals surface area contributed by atoms with Crippen molar-refractivity contribution in [2.75, 3.05) is 11.1 Å². The van der Waals surface area contributed by atoms with Crippen molar-refractivity contribution in [2.24, 2.45) is 5.92 Å². The molecule has 0 fully saturated rings. The number of nitrogen functional groups attached to an aromatic ring is 1. The molecule has 0 aliphatic carbocycles. The number of carbonyl (C=O) groups is 1. The highest BCUT2D eigenvalue weighted by Gasteiger charge is 2.00. The largest absolute Gasteiger partial charge is 0.399 e. The second-order valence-electron chi connectivity index (χ2n) is 4.26. The third kappa shape index (κ3) is 4.59. The van der Waals surface area contributed by atoms with Crippen LogP contribution in [0, 0.1) is 5.92 Å². The van der Waals surface area contributed by atoms with Gasteiger partial charge in [0.05, 0.1) is 0 Å². The van der Waals surface area contributed by atoms with E-state index in [4.69, 9.17) is 5.73 Å². The van der Waals surface area contributed by atoms with E-state index in [1.165, 1.54) is 0 Å². The number of amides is 2. The lowest BCUT2D eigenvalue weighted by molar-refractivity contribution is 0.255. The van der Waals surface area contributed by atoms with E-state index in [0.29, 0.717) is 17.3 Å². The topological polar surface area (TPSA) is 67.2 Å². The van der Waals surface area contributed by atoms with Crippen LogP contribution in [-0.4, -0.2) is 6.03 Å². The standard InChI is InChI=1S/C13H19N3O/c1-9(2)10(3)8-15-13(17)16-12-6-4-11(14)5-7-12/h4-9H,14H2,1-3H3,(H2,15,16,17)/b10-8+. The fraction of sp³-hybridized carbons (Fsp3) is 0.308. The first-order valence-electron chi connectivity index (χ1n) is 5.58. The first-order valence-corrected chi connectivity index (χ1v) is 5.58. The first kappa shape index (κ1) is 13.1. The Morgan fingerprint density at radius 2 is 1.88 bits per heavy atom. The smallest absolute Gasteiger partial charge is 0.323 e. The number of nitrogens with one attached hydrogen (secondary N) is 2. The van der Waals surface area contributed by atoms with Gasteiger partial charge in [0.15, 0.2) is 0 Å². The molecule has 1 aromatic carbocycles. The van der Waals surface area contributed by atoms with E-state index < -0.39 is 0 Å². The molecule has 0 bridgehead atoms. The Kier molecular flexibility index (Phi) is 4.57. The van der Waals surface area contributed by atoms with Gasteiger partial charge in [-0.3, -0.25) is 0 Å². The van der Waals surface area contributed by atoms with Crippen LogP contribution in [0.1, 0.15) is 20.8 Å². The lowest BCUT2D eigenvalue weighted by atomic mass is 10.1. The average molecular weight is 233 g/mol. The average Bonchev–Trinajstić information content (AvgIpc) is 2.29. The molecule has 1 aromatic rings. The van der Waals surface area contributed by atoms with Crippen LogP contribution in [0.4, 0.5) is 16.2 Å². The molecule has 0 heterocycles. The summed E-state index contributed by atoms with van der Waals surface area (Å²) in [6, 6.07) is 6.74. The summed E-state index contributed by atoms with van der Waals surface area (Å²) in [6.45, 7) is 6.13. The number of hydrogen-bond donors (Lipinski definition) is 3. The Hall–Kier alpha value is -1.97.